The summed E-state index contributed by atoms with van der Waals surface area (Å²) in [6.45, 7) is 3.82. The molecule has 2 N–H and O–H groups in total. The van der Waals surface area contributed by atoms with E-state index < -0.39 is 0 Å². The van der Waals surface area contributed by atoms with Gasteiger partial charge in [-0.2, -0.15) is 0 Å². The van der Waals surface area contributed by atoms with Crippen molar-refractivity contribution in [3.8, 4) is 11.5 Å². The number of nitrogens with zero attached hydrogens (tertiary/aromatic N) is 1. The van der Waals surface area contributed by atoms with Gasteiger partial charge in [-0.3, -0.25) is 4.99 Å². The fourth-order valence-corrected chi connectivity index (χ4v) is 2.43. The first-order valence-corrected chi connectivity index (χ1v) is 8.59. The predicted molar refractivity (Wildman–Crippen MR) is 97.3 cm³/mol. The predicted octanol–water partition coefficient (Wildman–Crippen LogP) is 3.71. The van der Waals surface area contributed by atoms with Gasteiger partial charge in [0.25, 0.3) is 0 Å². The van der Waals surface area contributed by atoms with E-state index in [1.165, 1.54) is 11.8 Å². The Bertz CT molecular complexity index is 600. The van der Waals surface area contributed by atoms with E-state index in [1.807, 2.05) is 61.5 Å². The summed E-state index contributed by atoms with van der Waals surface area (Å²) in [6, 6.07) is 17.7. The van der Waals surface area contributed by atoms with Crippen LogP contribution in [0.15, 0.2) is 59.6 Å². The Morgan fingerprint density at radius 3 is 2.30 bits per heavy atom. The Hall–Kier alpha value is -2.14. The molecule has 2 rings (SSSR count). The third kappa shape index (κ3) is 6.65. The Kier molecular flexibility index (Phi) is 7.33. The summed E-state index contributed by atoms with van der Waals surface area (Å²) < 4.78 is 11.1. The van der Waals surface area contributed by atoms with Gasteiger partial charge < -0.3 is 15.2 Å². The molecule has 4 nitrogen and oxygen atoms in total. The van der Waals surface area contributed by atoms with Gasteiger partial charge in [-0.25, -0.2) is 0 Å². The molecule has 0 radical (unpaired) electrons. The maximum Gasteiger partial charge on any atom is 0.154 e. The van der Waals surface area contributed by atoms with Crippen LogP contribution < -0.4 is 15.2 Å². The quantitative estimate of drug-likeness (QED) is 0.455. The first-order valence-electron chi connectivity index (χ1n) is 7.60. The van der Waals surface area contributed by atoms with Gasteiger partial charge >= 0.3 is 0 Å². The van der Waals surface area contributed by atoms with Gasteiger partial charge in [0.15, 0.2) is 5.17 Å². The number of hydrogen-bond acceptors (Lipinski definition) is 4. The molecule has 122 valence electrons. The van der Waals surface area contributed by atoms with Crippen molar-refractivity contribution >= 4 is 16.9 Å². The summed E-state index contributed by atoms with van der Waals surface area (Å²) in [5.74, 6) is 2.44. The highest BCUT2D eigenvalue weighted by atomic mass is 32.2. The number of benzene rings is 2. The molecule has 0 atom stereocenters. The maximum atomic E-state index is 5.90. The highest BCUT2D eigenvalue weighted by molar-refractivity contribution is 8.13. The Labute approximate surface area is 141 Å². The summed E-state index contributed by atoms with van der Waals surface area (Å²) in [6.07, 6.45) is 0. The van der Waals surface area contributed by atoms with Crippen molar-refractivity contribution in [2.45, 2.75) is 13.5 Å². The van der Waals surface area contributed by atoms with E-state index in [0.29, 0.717) is 24.9 Å². The second-order valence-corrected chi connectivity index (χ2v) is 5.86. The number of hydrogen-bond donors (Lipinski definition) is 1. The zero-order valence-electron chi connectivity index (χ0n) is 13.3. The van der Waals surface area contributed by atoms with Crippen LogP contribution in [0.25, 0.3) is 0 Å². The Morgan fingerprint density at radius 2 is 1.65 bits per heavy atom. The van der Waals surface area contributed by atoms with Crippen molar-refractivity contribution < 1.29 is 9.47 Å². The molecular formula is C18H22N2O2S. The van der Waals surface area contributed by atoms with Gasteiger partial charge in [-0.05, 0) is 36.8 Å². The topological polar surface area (TPSA) is 56.8 Å². The smallest absolute Gasteiger partial charge is 0.154 e. The second-order valence-electron chi connectivity index (χ2n) is 4.74. The SMILES string of the molecule is CCOc1ccc(OCCSC(N)=NCc2ccccc2)cc1. The third-order valence-corrected chi connectivity index (χ3v) is 3.79. The van der Waals surface area contributed by atoms with Crippen molar-refractivity contribution in [1.82, 2.24) is 0 Å². The second kappa shape index (κ2) is 9.79. The zero-order valence-corrected chi connectivity index (χ0v) is 14.1. The minimum absolute atomic E-state index is 0.584. The maximum absolute atomic E-state index is 5.90. The molecule has 0 unspecified atom stereocenters. The fourth-order valence-electron chi connectivity index (χ4n) is 1.90. The van der Waals surface area contributed by atoms with Crippen molar-refractivity contribution in [3.05, 3.63) is 60.2 Å². The van der Waals surface area contributed by atoms with E-state index in [9.17, 15) is 0 Å². The van der Waals surface area contributed by atoms with Gasteiger partial charge in [-0.15, -0.1) is 0 Å². The fraction of sp³-hybridized carbons (Fsp3) is 0.278. The van der Waals surface area contributed by atoms with Gasteiger partial charge in [0.05, 0.1) is 19.8 Å². The summed E-state index contributed by atoms with van der Waals surface area (Å²) in [7, 11) is 0. The molecule has 23 heavy (non-hydrogen) atoms. The molecule has 0 aliphatic heterocycles. The summed E-state index contributed by atoms with van der Waals surface area (Å²) >= 11 is 1.50. The zero-order chi connectivity index (χ0) is 16.3. The van der Waals surface area contributed by atoms with E-state index in [2.05, 4.69) is 4.99 Å². The first kappa shape index (κ1) is 17.2. The average molecular weight is 330 g/mol. The van der Waals surface area contributed by atoms with E-state index >= 15 is 0 Å². The lowest BCUT2D eigenvalue weighted by Crippen LogP contribution is -2.11. The lowest BCUT2D eigenvalue weighted by molar-refractivity contribution is 0.332. The van der Waals surface area contributed by atoms with Gasteiger partial charge in [0.2, 0.25) is 0 Å². The average Bonchev–Trinajstić information content (AvgIpc) is 2.59. The standard InChI is InChI=1S/C18H22N2O2S/c1-2-21-16-8-10-17(11-9-16)22-12-13-23-18(19)20-14-15-6-4-3-5-7-15/h3-11H,2,12-14H2,1H3,(H2,19,20). The van der Waals surface area contributed by atoms with Crippen LogP contribution in [0.3, 0.4) is 0 Å². The molecule has 0 bridgehead atoms. The monoisotopic (exact) mass is 330 g/mol. The third-order valence-electron chi connectivity index (χ3n) is 3.00. The summed E-state index contributed by atoms with van der Waals surface area (Å²) in [5, 5.41) is 0.587. The van der Waals surface area contributed by atoms with E-state index in [1.54, 1.807) is 0 Å². The van der Waals surface area contributed by atoms with E-state index in [4.69, 9.17) is 15.2 Å². The summed E-state index contributed by atoms with van der Waals surface area (Å²) in [5.41, 5.74) is 7.05. The van der Waals surface area contributed by atoms with Crippen LogP contribution in [0.5, 0.6) is 11.5 Å². The highest BCUT2D eigenvalue weighted by Crippen LogP contribution is 2.17. The molecule has 0 saturated carbocycles. The van der Waals surface area contributed by atoms with Crippen LogP contribution in [-0.4, -0.2) is 24.1 Å². The number of aliphatic imine (C=N–C) groups is 1. The number of amidine groups is 1. The molecule has 0 amide bonds. The molecule has 5 heteroatoms. The largest absolute Gasteiger partial charge is 0.494 e. The lowest BCUT2D eigenvalue weighted by Gasteiger charge is -2.07. The van der Waals surface area contributed by atoms with Crippen molar-refractivity contribution in [2.24, 2.45) is 10.7 Å². The van der Waals surface area contributed by atoms with Crippen LogP contribution in [0.4, 0.5) is 0 Å². The number of thioether (sulfide) groups is 1. The molecule has 2 aromatic carbocycles. The molecule has 0 aliphatic rings. The number of rotatable bonds is 8. The van der Waals surface area contributed by atoms with Crippen molar-refractivity contribution in [2.75, 3.05) is 19.0 Å². The van der Waals surface area contributed by atoms with Gasteiger partial charge in [0.1, 0.15) is 11.5 Å². The molecule has 0 aromatic heterocycles. The van der Waals surface area contributed by atoms with Gasteiger partial charge in [-0.1, -0.05) is 42.1 Å². The number of ether oxygens (including phenoxy) is 2. The highest BCUT2D eigenvalue weighted by Gasteiger charge is 1.98. The van der Waals surface area contributed by atoms with Crippen LogP contribution in [0, 0.1) is 0 Å². The summed E-state index contributed by atoms with van der Waals surface area (Å²) in [4.78, 5) is 4.36. The van der Waals surface area contributed by atoms with Crippen molar-refractivity contribution in [3.63, 3.8) is 0 Å². The molecule has 0 heterocycles. The van der Waals surface area contributed by atoms with Crippen molar-refractivity contribution in [1.29, 1.82) is 0 Å². The Morgan fingerprint density at radius 1 is 1.00 bits per heavy atom. The minimum Gasteiger partial charge on any atom is -0.494 e. The van der Waals surface area contributed by atoms with Crippen LogP contribution >= 0.6 is 11.8 Å². The first-order chi connectivity index (χ1) is 11.3. The normalized spacial score (nSPS) is 11.3. The number of nitrogens with two attached hydrogens (primary N) is 1. The van der Waals surface area contributed by atoms with Gasteiger partial charge in [0, 0.05) is 5.75 Å². The Balaban J connectivity index is 1.66. The lowest BCUT2D eigenvalue weighted by atomic mass is 10.2. The molecule has 0 spiro atoms. The van der Waals surface area contributed by atoms with Crippen LogP contribution in [-0.2, 0) is 6.54 Å². The molecule has 0 saturated heterocycles. The van der Waals surface area contributed by atoms with E-state index in [-0.39, 0.29) is 0 Å². The van der Waals surface area contributed by atoms with Crippen LogP contribution in [0.2, 0.25) is 0 Å². The minimum atomic E-state index is 0.584. The van der Waals surface area contributed by atoms with E-state index in [0.717, 1.165) is 22.8 Å². The molecular weight excluding hydrogens is 308 g/mol. The molecule has 0 aliphatic carbocycles. The van der Waals surface area contributed by atoms with Crippen LogP contribution in [0.1, 0.15) is 12.5 Å². The molecule has 0 fully saturated rings. The molecule has 2 aromatic rings.